The summed E-state index contributed by atoms with van der Waals surface area (Å²) in [5, 5.41) is 12.5. The first kappa shape index (κ1) is 18.3. The fraction of sp³-hybridized carbons (Fsp3) is 0.526. The largest absolute Gasteiger partial charge is 0.351 e. The fourth-order valence-electron chi connectivity index (χ4n) is 3.31. The van der Waals surface area contributed by atoms with Crippen molar-refractivity contribution in [3.8, 4) is 0 Å². The number of hydrogen-bond acceptors (Lipinski definition) is 5. The van der Waals surface area contributed by atoms with E-state index in [4.69, 9.17) is 0 Å². The number of benzene rings is 1. The van der Waals surface area contributed by atoms with Crippen LogP contribution in [0.5, 0.6) is 0 Å². The summed E-state index contributed by atoms with van der Waals surface area (Å²) >= 11 is 1.44. The Morgan fingerprint density at radius 1 is 1.15 bits per heavy atom. The molecule has 1 amide bonds. The van der Waals surface area contributed by atoms with Gasteiger partial charge in [-0.15, -0.1) is 10.2 Å². The van der Waals surface area contributed by atoms with Crippen LogP contribution in [0, 0.1) is 5.82 Å². The molecule has 6 nitrogen and oxygen atoms in total. The number of nitrogens with one attached hydrogen (secondary N) is 1. The average Bonchev–Trinajstić information content (AvgIpc) is 3.45. The molecule has 0 spiro atoms. The number of carbonyl (C=O) groups is 1. The molecule has 4 rings (SSSR count). The molecule has 27 heavy (non-hydrogen) atoms. The van der Waals surface area contributed by atoms with E-state index < -0.39 is 0 Å². The minimum atomic E-state index is -0.274. The quantitative estimate of drug-likeness (QED) is 0.737. The van der Waals surface area contributed by atoms with Crippen LogP contribution in [0.3, 0.4) is 0 Å². The number of nitrogens with zero attached hydrogens (tertiary/aromatic N) is 4. The maximum absolute atomic E-state index is 12.9. The van der Waals surface area contributed by atoms with Crippen molar-refractivity contribution in [3.63, 3.8) is 0 Å². The third kappa shape index (κ3) is 4.61. The van der Waals surface area contributed by atoms with Gasteiger partial charge in [-0.25, -0.2) is 4.39 Å². The van der Waals surface area contributed by atoms with Crippen LogP contribution in [0.4, 0.5) is 10.3 Å². The van der Waals surface area contributed by atoms with Gasteiger partial charge in [0.25, 0.3) is 0 Å². The maximum atomic E-state index is 12.9. The van der Waals surface area contributed by atoms with Gasteiger partial charge < -0.3 is 10.2 Å². The van der Waals surface area contributed by atoms with Gasteiger partial charge in [0.05, 0.1) is 5.75 Å². The second-order valence-electron chi connectivity index (χ2n) is 7.12. The Hall–Kier alpha value is -2.09. The van der Waals surface area contributed by atoms with Gasteiger partial charge in [-0.3, -0.25) is 9.36 Å². The third-order valence-electron chi connectivity index (χ3n) is 4.93. The summed E-state index contributed by atoms with van der Waals surface area (Å²) in [5.41, 5.74) is 0.878. The molecule has 1 aromatic heterocycles. The third-order valence-corrected chi connectivity index (χ3v) is 5.88. The van der Waals surface area contributed by atoms with Gasteiger partial charge in [0.2, 0.25) is 11.9 Å². The number of carbonyl (C=O) groups excluding carboxylic acids is 1. The van der Waals surface area contributed by atoms with Crippen molar-refractivity contribution in [2.24, 2.45) is 0 Å². The van der Waals surface area contributed by atoms with Gasteiger partial charge in [0.1, 0.15) is 5.82 Å². The van der Waals surface area contributed by atoms with Gasteiger partial charge in [-0.05, 0) is 49.8 Å². The zero-order chi connectivity index (χ0) is 18.6. The van der Waals surface area contributed by atoms with E-state index in [1.807, 2.05) is 0 Å². The fourth-order valence-corrected chi connectivity index (χ4v) is 4.14. The van der Waals surface area contributed by atoms with E-state index in [-0.39, 0.29) is 11.7 Å². The second kappa shape index (κ2) is 8.29. The van der Waals surface area contributed by atoms with Crippen molar-refractivity contribution < 1.29 is 9.18 Å². The van der Waals surface area contributed by atoms with E-state index in [1.54, 1.807) is 12.1 Å². The summed E-state index contributed by atoms with van der Waals surface area (Å²) in [6.07, 6.45) is 5.99. The molecular formula is C19H24FN5OS. The zero-order valence-electron chi connectivity index (χ0n) is 15.2. The second-order valence-corrected chi connectivity index (χ2v) is 8.07. The van der Waals surface area contributed by atoms with Crippen LogP contribution in [0.15, 0.2) is 29.4 Å². The number of piperidine rings is 1. The van der Waals surface area contributed by atoms with Crippen molar-refractivity contribution in [1.29, 1.82) is 0 Å². The molecule has 1 saturated heterocycles. The molecule has 2 aliphatic rings. The van der Waals surface area contributed by atoms with Crippen molar-refractivity contribution in [2.75, 3.05) is 23.7 Å². The van der Waals surface area contributed by atoms with Gasteiger partial charge >= 0.3 is 0 Å². The Bertz CT molecular complexity index is 784. The van der Waals surface area contributed by atoms with Gasteiger partial charge in [-0.2, -0.15) is 0 Å². The monoisotopic (exact) mass is 389 g/mol. The number of hydrogen-bond donors (Lipinski definition) is 1. The first-order valence-electron chi connectivity index (χ1n) is 9.54. The first-order chi connectivity index (χ1) is 13.2. The highest BCUT2D eigenvalue weighted by atomic mass is 32.2. The Kier molecular flexibility index (Phi) is 5.61. The molecule has 0 atom stereocenters. The summed E-state index contributed by atoms with van der Waals surface area (Å²) in [6.45, 7) is 2.47. The smallest absolute Gasteiger partial charge is 0.230 e. The summed E-state index contributed by atoms with van der Waals surface area (Å²) in [5.74, 6) is 0.927. The van der Waals surface area contributed by atoms with Crippen LogP contribution < -0.4 is 10.2 Å². The maximum Gasteiger partial charge on any atom is 0.230 e. The van der Waals surface area contributed by atoms with Gasteiger partial charge in [0.15, 0.2) is 5.16 Å². The number of thioether (sulfide) groups is 1. The number of rotatable bonds is 7. The Balaban J connectivity index is 1.34. The lowest BCUT2D eigenvalue weighted by Crippen LogP contribution is -2.32. The minimum Gasteiger partial charge on any atom is -0.351 e. The molecular weight excluding hydrogens is 365 g/mol. The molecule has 1 saturated carbocycles. The van der Waals surface area contributed by atoms with E-state index in [0.29, 0.717) is 18.3 Å². The van der Waals surface area contributed by atoms with Crippen molar-refractivity contribution in [2.45, 2.75) is 49.8 Å². The topological polar surface area (TPSA) is 63.1 Å². The summed E-state index contributed by atoms with van der Waals surface area (Å²) < 4.78 is 15.2. The standard InChI is InChI=1S/C19H24FN5OS/c20-15-6-4-14(5-7-15)12-21-17(26)13-27-19-23-22-18(25(19)16-8-9-16)24-10-2-1-3-11-24/h4-7,16H,1-3,8-13H2,(H,21,26). The van der Waals surface area contributed by atoms with Crippen LogP contribution in [0.25, 0.3) is 0 Å². The molecule has 1 aliphatic heterocycles. The minimum absolute atomic E-state index is 0.0609. The molecule has 2 fully saturated rings. The highest BCUT2D eigenvalue weighted by molar-refractivity contribution is 7.99. The Labute approximate surface area is 162 Å². The average molecular weight is 390 g/mol. The van der Waals surface area contributed by atoms with E-state index >= 15 is 0 Å². The predicted molar refractivity (Wildman–Crippen MR) is 103 cm³/mol. The first-order valence-corrected chi connectivity index (χ1v) is 10.5. The summed E-state index contributed by atoms with van der Waals surface area (Å²) in [4.78, 5) is 14.5. The van der Waals surface area contributed by atoms with E-state index in [1.165, 1.54) is 43.2 Å². The van der Waals surface area contributed by atoms with Gasteiger partial charge in [0, 0.05) is 25.7 Å². The van der Waals surface area contributed by atoms with Crippen molar-refractivity contribution in [1.82, 2.24) is 20.1 Å². The normalized spacial score (nSPS) is 17.1. The van der Waals surface area contributed by atoms with Crippen molar-refractivity contribution in [3.05, 3.63) is 35.6 Å². The van der Waals surface area contributed by atoms with Crippen LogP contribution in [-0.2, 0) is 11.3 Å². The van der Waals surface area contributed by atoms with Crippen LogP contribution in [0.1, 0.15) is 43.7 Å². The highest BCUT2D eigenvalue weighted by Crippen LogP contribution is 2.41. The SMILES string of the molecule is O=C(CSc1nnc(N2CCCCC2)n1C1CC1)NCc1ccc(F)cc1. The molecule has 2 aromatic rings. The molecule has 0 radical (unpaired) electrons. The van der Waals surface area contributed by atoms with Crippen LogP contribution >= 0.6 is 11.8 Å². The molecule has 144 valence electrons. The number of anilines is 1. The molecule has 1 N–H and O–H groups in total. The van der Waals surface area contributed by atoms with E-state index in [9.17, 15) is 9.18 Å². The zero-order valence-corrected chi connectivity index (χ0v) is 16.1. The van der Waals surface area contributed by atoms with Crippen LogP contribution in [-0.4, -0.2) is 39.5 Å². The lowest BCUT2D eigenvalue weighted by atomic mass is 10.1. The lowest BCUT2D eigenvalue weighted by Gasteiger charge is -2.27. The molecule has 8 heteroatoms. The summed E-state index contributed by atoms with van der Waals surface area (Å²) in [7, 11) is 0. The molecule has 2 heterocycles. The number of amides is 1. The lowest BCUT2D eigenvalue weighted by molar-refractivity contribution is -0.118. The van der Waals surface area contributed by atoms with E-state index in [2.05, 4.69) is 25.0 Å². The predicted octanol–water partition coefficient (Wildman–Crippen LogP) is 3.15. The Morgan fingerprint density at radius 3 is 2.59 bits per heavy atom. The highest BCUT2D eigenvalue weighted by Gasteiger charge is 2.32. The number of aromatic nitrogens is 3. The molecule has 1 aliphatic carbocycles. The van der Waals surface area contributed by atoms with E-state index in [0.717, 1.165) is 42.6 Å². The molecule has 1 aromatic carbocycles. The molecule has 0 unspecified atom stereocenters. The van der Waals surface area contributed by atoms with Gasteiger partial charge in [-0.1, -0.05) is 23.9 Å². The summed E-state index contributed by atoms with van der Waals surface area (Å²) in [6, 6.07) is 6.63. The van der Waals surface area contributed by atoms with Crippen LogP contribution in [0.2, 0.25) is 0 Å². The van der Waals surface area contributed by atoms with Crippen molar-refractivity contribution >= 4 is 23.6 Å². The number of halogens is 1. The Morgan fingerprint density at radius 2 is 1.89 bits per heavy atom. The molecule has 0 bridgehead atoms.